The minimum Gasteiger partial charge on any atom is -0.463 e. The maximum atomic E-state index is 13.0. The number of carbonyl (C=O) groups excluding carboxylic acids is 1. The van der Waals surface area contributed by atoms with Crippen LogP contribution in [-0.4, -0.2) is 35.6 Å². The summed E-state index contributed by atoms with van der Waals surface area (Å²) in [6, 6.07) is 10.0. The highest BCUT2D eigenvalue weighted by atomic mass is 32.2. The maximum Gasteiger partial charge on any atom is 0.276 e. The molecule has 140 valence electrons. The van der Waals surface area contributed by atoms with Gasteiger partial charge in [0.25, 0.3) is 5.91 Å². The van der Waals surface area contributed by atoms with E-state index < -0.39 is 21.6 Å². The van der Waals surface area contributed by atoms with Gasteiger partial charge in [0.15, 0.2) is 21.3 Å². The molecule has 1 atom stereocenters. The zero-order valence-corrected chi connectivity index (χ0v) is 14.9. The monoisotopic (exact) mass is 389 g/mol. The van der Waals surface area contributed by atoms with Crippen LogP contribution in [-0.2, 0) is 9.84 Å². The van der Waals surface area contributed by atoms with Crippen LogP contribution >= 0.6 is 0 Å². The predicted octanol–water partition coefficient (Wildman–Crippen LogP) is 2.89. The van der Waals surface area contributed by atoms with Crippen molar-refractivity contribution in [1.82, 2.24) is 9.78 Å². The lowest BCUT2D eigenvalue weighted by molar-refractivity contribution is 0.102. The largest absolute Gasteiger partial charge is 0.463 e. The van der Waals surface area contributed by atoms with E-state index in [0.717, 1.165) is 0 Å². The molecular formula is C18H16FN3O4S. The van der Waals surface area contributed by atoms with E-state index in [0.29, 0.717) is 23.6 Å². The van der Waals surface area contributed by atoms with Crippen molar-refractivity contribution in [3.05, 3.63) is 60.2 Å². The fourth-order valence-corrected chi connectivity index (χ4v) is 4.78. The molecule has 0 bridgehead atoms. The summed E-state index contributed by atoms with van der Waals surface area (Å²) in [6.07, 6.45) is 1.92. The normalized spacial score (nSPS) is 18.5. The number of hydrogen-bond donors (Lipinski definition) is 1. The van der Waals surface area contributed by atoms with Gasteiger partial charge in [-0.15, -0.1) is 0 Å². The van der Waals surface area contributed by atoms with Crippen LogP contribution in [0.1, 0.15) is 23.0 Å². The summed E-state index contributed by atoms with van der Waals surface area (Å²) in [7, 11) is -3.12. The average molecular weight is 389 g/mol. The van der Waals surface area contributed by atoms with Gasteiger partial charge < -0.3 is 9.73 Å². The predicted molar refractivity (Wildman–Crippen MR) is 96.6 cm³/mol. The molecular weight excluding hydrogens is 373 g/mol. The van der Waals surface area contributed by atoms with E-state index in [2.05, 4.69) is 10.4 Å². The third-order valence-electron chi connectivity index (χ3n) is 4.40. The molecule has 0 aliphatic carbocycles. The highest BCUT2D eigenvalue weighted by Gasteiger charge is 2.32. The molecule has 1 N–H and O–H groups in total. The number of hydrogen-bond acceptors (Lipinski definition) is 5. The quantitative estimate of drug-likeness (QED) is 0.740. The zero-order chi connectivity index (χ0) is 19.0. The highest BCUT2D eigenvalue weighted by molar-refractivity contribution is 7.91. The second kappa shape index (κ2) is 6.66. The number of carbonyl (C=O) groups is 1. The van der Waals surface area contributed by atoms with E-state index in [1.165, 1.54) is 30.5 Å². The summed E-state index contributed by atoms with van der Waals surface area (Å²) < 4.78 is 43.7. The lowest BCUT2D eigenvalue weighted by atomic mass is 10.2. The molecule has 9 heteroatoms. The zero-order valence-electron chi connectivity index (χ0n) is 14.1. The molecule has 3 aromatic rings. The number of halogens is 1. The van der Waals surface area contributed by atoms with E-state index in [4.69, 9.17) is 4.42 Å². The number of nitrogens with one attached hydrogen (secondary N) is 1. The topological polar surface area (TPSA) is 94.2 Å². The van der Waals surface area contributed by atoms with Gasteiger partial charge in [-0.05, 0) is 42.8 Å². The van der Waals surface area contributed by atoms with Crippen LogP contribution in [0.5, 0.6) is 0 Å². The van der Waals surface area contributed by atoms with Crippen molar-refractivity contribution in [2.24, 2.45) is 0 Å². The van der Waals surface area contributed by atoms with Crippen LogP contribution in [0.25, 0.3) is 11.5 Å². The lowest BCUT2D eigenvalue weighted by Crippen LogP contribution is -2.16. The number of furan rings is 1. The Labute approximate surface area is 154 Å². The summed E-state index contributed by atoms with van der Waals surface area (Å²) in [5.41, 5.74) is 1.08. The van der Waals surface area contributed by atoms with Crippen molar-refractivity contribution in [3.63, 3.8) is 0 Å². The first-order chi connectivity index (χ1) is 12.9. The molecule has 1 fully saturated rings. The molecule has 1 aliphatic heterocycles. The van der Waals surface area contributed by atoms with Gasteiger partial charge >= 0.3 is 0 Å². The molecule has 1 amide bonds. The smallest absolute Gasteiger partial charge is 0.276 e. The second-order valence-corrected chi connectivity index (χ2v) is 8.58. The molecule has 0 saturated carbocycles. The van der Waals surface area contributed by atoms with Crippen LogP contribution in [0.15, 0.2) is 53.1 Å². The van der Waals surface area contributed by atoms with Crippen LogP contribution in [0.4, 0.5) is 10.1 Å². The first kappa shape index (κ1) is 17.5. The van der Waals surface area contributed by atoms with Crippen molar-refractivity contribution in [2.45, 2.75) is 12.5 Å². The van der Waals surface area contributed by atoms with Crippen molar-refractivity contribution in [1.29, 1.82) is 0 Å². The van der Waals surface area contributed by atoms with Gasteiger partial charge in [0, 0.05) is 11.8 Å². The van der Waals surface area contributed by atoms with Gasteiger partial charge in [-0.1, -0.05) is 0 Å². The molecule has 2 aromatic heterocycles. The fraction of sp³-hybridized carbons (Fsp3) is 0.222. The fourth-order valence-electron chi connectivity index (χ4n) is 3.09. The maximum absolute atomic E-state index is 13.0. The van der Waals surface area contributed by atoms with Gasteiger partial charge in [-0.25, -0.2) is 12.8 Å². The Kier molecular flexibility index (Phi) is 4.31. The van der Waals surface area contributed by atoms with Crippen molar-refractivity contribution in [3.8, 4) is 11.5 Å². The third kappa shape index (κ3) is 3.63. The van der Waals surface area contributed by atoms with E-state index >= 15 is 0 Å². The van der Waals surface area contributed by atoms with E-state index in [-0.39, 0.29) is 23.2 Å². The number of amides is 1. The summed E-state index contributed by atoms with van der Waals surface area (Å²) >= 11 is 0. The Morgan fingerprint density at radius 1 is 1.26 bits per heavy atom. The highest BCUT2D eigenvalue weighted by Crippen LogP contribution is 2.30. The first-order valence-electron chi connectivity index (χ1n) is 8.32. The molecule has 27 heavy (non-hydrogen) atoms. The standard InChI is InChI=1S/C18H16FN3O4S/c19-12-3-5-13(6-4-12)20-18(23)15-10-16(17-2-1-8-26-17)22(21-15)14-7-9-27(24,25)11-14/h1-6,8,10,14H,7,9,11H2,(H,20,23). The summed E-state index contributed by atoms with van der Waals surface area (Å²) in [5, 5.41) is 6.98. The number of nitrogens with zero attached hydrogens (tertiary/aromatic N) is 2. The Bertz CT molecular complexity index is 1070. The van der Waals surface area contributed by atoms with Gasteiger partial charge in [-0.2, -0.15) is 5.10 Å². The number of sulfone groups is 1. The van der Waals surface area contributed by atoms with Gasteiger partial charge in [-0.3, -0.25) is 9.48 Å². The van der Waals surface area contributed by atoms with E-state index in [1.54, 1.807) is 22.9 Å². The lowest BCUT2D eigenvalue weighted by Gasteiger charge is -2.11. The van der Waals surface area contributed by atoms with Crippen LogP contribution < -0.4 is 5.32 Å². The summed E-state index contributed by atoms with van der Waals surface area (Å²) in [5.74, 6) is -0.324. The van der Waals surface area contributed by atoms with Crippen LogP contribution in [0, 0.1) is 5.82 Å². The summed E-state index contributed by atoms with van der Waals surface area (Å²) in [6.45, 7) is 0. The Hall–Kier alpha value is -2.94. The molecule has 1 unspecified atom stereocenters. The summed E-state index contributed by atoms with van der Waals surface area (Å²) in [4.78, 5) is 12.5. The first-order valence-corrected chi connectivity index (χ1v) is 10.1. The number of aromatic nitrogens is 2. The SMILES string of the molecule is O=C(Nc1ccc(F)cc1)c1cc(-c2ccco2)n(C2CCS(=O)(=O)C2)n1. The Morgan fingerprint density at radius 2 is 2.04 bits per heavy atom. The van der Waals surface area contributed by atoms with E-state index in [1.807, 2.05) is 0 Å². The second-order valence-electron chi connectivity index (χ2n) is 6.35. The minimum absolute atomic E-state index is 0.0264. The van der Waals surface area contributed by atoms with Crippen molar-refractivity contribution < 1.29 is 22.0 Å². The number of anilines is 1. The Morgan fingerprint density at radius 3 is 2.67 bits per heavy atom. The molecule has 0 spiro atoms. The average Bonchev–Trinajstić information content (AvgIpc) is 3.35. The molecule has 7 nitrogen and oxygen atoms in total. The molecule has 1 saturated heterocycles. The van der Waals surface area contributed by atoms with Gasteiger partial charge in [0.1, 0.15) is 11.5 Å². The molecule has 1 aromatic carbocycles. The van der Waals surface area contributed by atoms with Gasteiger partial charge in [0.05, 0.1) is 23.8 Å². The van der Waals surface area contributed by atoms with E-state index in [9.17, 15) is 17.6 Å². The number of rotatable bonds is 4. The molecule has 1 aliphatic rings. The molecule has 4 rings (SSSR count). The van der Waals surface area contributed by atoms with Gasteiger partial charge in [0.2, 0.25) is 0 Å². The molecule has 0 radical (unpaired) electrons. The van der Waals surface area contributed by atoms with Crippen molar-refractivity contribution in [2.75, 3.05) is 16.8 Å². The van der Waals surface area contributed by atoms with Crippen molar-refractivity contribution >= 4 is 21.4 Å². The number of benzene rings is 1. The Balaban J connectivity index is 1.66. The third-order valence-corrected chi connectivity index (χ3v) is 6.15. The van der Waals surface area contributed by atoms with Crippen LogP contribution in [0.2, 0.25) is 0 Å². The van der Waals surface area contributed by atoms with Crippen LogP contribution in [0.3, 0.4) is 0 Å². The molecule has 3 heterocycles. The minimum atomic E-state index is -3.12.